The van der Waals surface area contributed by atoms with E-state index in [9.17, 15) is 0 Å². The molecule has 0 bridgehead atoms. The molecule has 0 aliphatic carbocycles. The standard InChI is InChI=1S/C16H19NO/c1-3-17-15-11-9-14(10-12-15)16(18-2)13-7-5-4-6-8-13/h4-12,16-17H,3H2,1-2H3. The van der Waals surface area contributed by atoms with E-state index in [-0.39, 0.29) is 6.10 Å². The quantitative estimate of drug-likeness (QED) is 0.858. The highest BCUT2D eigenvalue weighted by molar-refractivity contribution is 5.46. The van der Waals surface area contributed by atoms with E-state index in [4.69, 9.17) is 4.74 Å². The predicted octanol–water partition coefficient (Wildman–Crippen LogP) is 3.85. The lowest BCUT2D eigenvalue weighted by molar-refractivity contribution is 0.136. The van der Waals surface area contributed by atoms with E-state index in [1.165, 1.54) is 11.1 Å². The van der Waals surface area contributed by atoms with Gasteiger partial charge in [0.15, 0.2) is 0 Å². The summed E-state index contributed by atoms with van der Waals surface area (Å²) in [5.41, 5.74) is 3.49. The van der Waals surface area contributed by atoms with Gasteiger partial charge in [0.2, 0.25) is 0 Å². The summed E-state index contributed by atoms with van der Waals surface area (Å²) in [6.07, 6.45) is 0.00174. The lowest BCUT2D eigenvalue weighted by Crippen LogP contribution is -2.03. The topological polar surface area (TPSA) is 21.3 Å². The molecule has 0 aliphatic rings. The van der Waals surface area contributed by atoms with Gasteiger partial charge < -0.3 is 10.1 Å². The fourth-order valence-corrected chi connectivity index (χ4v) is 2.07. The van der Waals surface area contributed by atoms with Gasteiger partial charge >= 0.3 is 0 Å². The Labute approximate surface area is 109 Å². The first-order valence-electron chi connectivity index (χ1n) is 6.26. The molecule has 0 heterocycles. The number of methoxy groups -OCH3 is 1. The lowest BCUT2D eigenvalue weighted by atomic mass is 10.0. The Hall–Kier alpha value is -1.80. The molecule has 0 amide bonds. The van der Waals surface area contributed by atoms with Gasteiger partial charge in [0.05, 0.1) is 0 Å². The summed E-state index contributed by atoms with van der Waals surface area (Å²) in [6, 6.07) is 18.7. The minimum Gasteiger partial charge on any atom is -0.385 e. The fourth-order valence-electron chi connectivity index (χ4n) is 2.07. The van der Waals surface area contributed by atoms with E-state index in [1.54, 1.807) is 7.11 Å². The molecule has 0 saturated heterocycles. The molecule has 0 fully saturated rings. The van der Waals surface area contributed by atoms with Gasteiger partial charge in [-0.25, -0.2) is 0 Å². The molecule has 0 spiro atoms. The number of anilines is 1. The molecule has 0 saturated carbocycles. The molecule has 2 nitrogen and oxygen atoms in total. The summed E-state index contributed by atoms with van der Waals surface area (Å²) in [5, 5.41) is 3.29. The molecule has 0 aliphatic heterocycles. The van der Waals surface area contributed by atoms with Gasteiger partial charge in [-0.3, -0.25) is 0 Å². The van der Waals surface area contributed by atoms with Crippen molar-refractivity contribution in [3.8, 4) is 0 Å². The smallest absolute Gasteiger partial charge is 0.107 e. The fraction of sp³-hybridized carbons (Fsp3) is 0.250. The Morgan fingerprint density at radius 1 is 0.944 bits per heavy atom. The van der Waals surface area contributed by atoms with E-state index in [0.717, 1.165) is 12.2 Å². The third kappa shape index (κ3) is 2.90. The molecule has 18 heavy (non-hydrogen) atoms. The summed E-state index contributed by atoms with van der Waals surface area (Å²) in [5.74, 6) is 0. The molecule has 2 heteroatoms. The molecular formula is C16H19NO. The molecule has 1 unspecified atom stereocenters. The molecule has 2 aromatic carbocycles. The Morgan fingerprint density at radius 3 is 2.11 bits per heavy atom. The average Bonchev–Trinajstić information content (AvgIpc) is 2.43. The minimum absolute atomic E-state index is 0.00174. The molecule has 1 atom stereocenters. The van der Waals surface area contributed by atoms with Crippen LogP contribution in [0.5, 0.6) is 0 Å². The average molecular weight is 241 g/mol. The predicted molar refractivity (Wildman–Crippen MR) is 75.9 cm³/mol. The van der Waals surface area contributed by atoms with Gasteiger partial charge in [0, 0.05) is 19.3 Å². The molecule has 2 aromatic rings. The number of rotatable bonds is 5. The first-order chi connectivity index (χ1) is 8.85. The highest BCUT2D eigenvalue weighted by Gasteiger charge is 2.12. The highest BCUT2D eigenvalue weighted by Crippen LogP contribution is 2.26. The van der Waals surface area contributed by atoms with Crippen LogP contribution >= 0.6 is 0 Å². The van der Waals surface area contributed by atoms with Crippen molar-refractivity contribution in [1.82, 2.24) is 0 Å². The second-order valence-electron chi connectivity index (χ2n) is 4.18. The zero-order chi connectivity index (χ0) is 12.8. The van der Waals surface area contributed by atoms with Gasteiger partial charge in [-0.1, -0.05) is 42.5 Å². The van der Waals surface area contributed by atoms with Crippen molar-refractivity contribution in [1.29, 1.82) is 0 Å². The third-order valence-corrected chi connectivity index (χ3v) is 2.93. The molecule has 94 valence electrons. The minimum atomic E-state index is 0.00174. The van der Waals surface area contributed by atoms with Gasteiger partial charge in [0.25, 0.3) is 0 Å². The first kappa shape index (κ1) is 12.7. The van der Waals surface area contributed by atoms with E-state index in [1.807, 2.05) is 18.2 Å². The van der Waals surface area contributed by atoms with Gasteiger partial charge in [0.1, 0.15) is 6.10 Å². The van der Waals surface area contributed by atoms with Crippen molar-refractivity contribution in [2.75, 3.05) is 19.0 Å². The van der Waals surface area contributed by atoms with Gasteiger partial charge in [-0.2, -0.15) is 0 Å². The van der Waals surface area contributed by atoms with Crippen LogP contribution in [0, 0.1) is 0 Å². The monoisotopic (exact) mass is 241 g/mol. The molecule has 0 radical (unpaired) electrons. The van der Waals surface area contributed by atoms with Crippen LogP contribution in [0.15, 0.2) is 54.6 Å². The Balaban J connectivity index is 2.23. The Morgan fingerprint density at radius 2 is 1.56 bits per heavy atom. The Bertz CT molecular complexity index is 464. The van der Waals surface area contributed by atoms with Crippen LogP contribution < -0.4 is 5.32 Å². The number of hydrogen-bond acceptors (Lipinski definition) is 2. The van der Waals surface area contributed by atoms with Crippen LogP contribution in [0.1, 0.15) is 24.2 Å². The van der Waals surface area contributed by atoms with Crippen molar-refractivity contribution in [2.24, 2.45) is 0 Å². The SMILES string of the molecule is CCNc1ccc(C(OC)c2ccccc2)cc1. The van der Waals surface area contributed by atoms with Crippen LogP contribution in [0.25, 0.3) is 0 Å². The van der Waals surface area contributed by atoms with E-state index in [0.29, 0.717) is 0 Å². The second kappa shape index (κ2) is 6.22. The normalized spacial score (nSPS) is 12.1. The number of nitrogens with one attached hydrogen (secondary N) is 1. The maximum absolute atomic E-state index is 5.60. The maximum atomic E-state index is 5.60. The van der Waals surface area contributed by atoms with E-state index in [2.05, 4.69) is 48.6 Å². The van der Waals surface area contributed by atoms with Crippen LogP contribution in [0.4, 0.5) is 5.69 Å². The van der Waals surface area contributed by atoms with Crippen molar-refractivity contribution in [2.45, 2.75) is 13.0 Å². The second-order valence-corrected chi connectivity index (χ2v) is 4.18. The van der Waals surface area contributed by atoms with Crippen molar-refractivity contribution >= 4 is 5.69 Å². The number of benzene rings is 2. The van der Waals surface area contributed by atoms with Crippen molar-refractivity contribution < 1.29 is 4.74 Å². The maximum Gasteiger partial charge on any atom is 0.107 e. The van der Waals surface area contributed by atoms with Crippen molar-refractivity contribution in [3.63, 3.8) is 0 Å². The highest BCUT2D eigenvalue weighted by atomic mass is 16.5. The molecule has 2 rings (SSSR count). The van der Waals surface area contributed by atoms with E-state index < -0.39 is 0 Å². The summed E-state index contributed by atoms with van der Waals surface area (Å²) < 4.78 is 5.60. The summed E-state index contributed by atoms with van der Waals surface area (Å²) in [4.78, 5) is 0. The summed E-state index contributed by atoms with van der Waals surface area (Å²) in [7, 11) is 1.75. The largest absolute Gasteiger partial charge is 0.385 e. The molecular weight excluding hydrogens is 222 g/mol. The zero-order valence-electron chi connectivity index (χ0n) is 10.9. The number of ether oxygens (including phenoxy) is 1. The molecule has 0 aromatic heterocycles. The van der Waals surface area contributed by atoms with Crippen LogP contribution in [0.3, 0.4) is 0 Å². The first-order valence-corrected chi connectivity index (χ1v) is 6.26. The van der Waals surface area contributed by atoms with E-state index >= 15 is 0 Å². The zero-order valence-corrected chi connectivity index (χ0v) is 10.9. The number of hydrogen-bond donors (Lipinski definition) is 1. The molecule has 1 N–H and O–H groups in total. The van der Waals surface area contributed by atoms with Gasteiger partial charge in [-0.05, 0) is 30.2 Å². The lowest BCUT2D eigenvalue weighted by Gasteiger charge is -2.16. The van der Waals surface area contributed by atoms with Gasteiger partial charge in [-0.15, -0.1) is 0 Å². The van der Waals surface area contributed by atoms with Crippen LogP contribution in [-0.2, 0) is 4.74 Å². The van der Waals surface area contributed by atoms with Crippen LogP contribution in [0.2, 0.25) is 0 Å². The summed E-state index contributed by atoms with van der Waals surface area (Å²) in [6.45, 7) is 3.03. The summed E-state index contributed by atoms with van der Waals surface area (Å²) >= 11 is 0. The van der Waals surface area contributed by atoms with Crippen LogP contribution in [-0.4, -0.2) is 13.7 Å². The Kier molecular flexibility index (Phi) is 4.37. The van der Waals surface area contributed by atoms with Crippen molar-refractivity contribution in [3.05, 3.63) is 65.7 Å². The third-order valence-electron chi connectivity index (χ3n) is 2.93.